The van der Waals surface area contributed by atoms with Crippen molar-refractivity contribution in [2.45, 2.75) is 6.54 Å². The normalized spacial score (nSPS) is 13.7. The highest BCUT2D eigenvalue weighted by molar-refractivity contribution is 7.11. The first-order chi connectivity index (χ1) is 15.0. The van der Waals surface area contributed by atoms with E-state index in [1.165, 1.54) is 16.2 Å². The van der Waals surface area contributed by atoms with Gasteiger partial charge in [0.05, 0.1) is 26.3 Å². The van der Waals surface area contributed by atoms with Crippen molar-refractivity contribution in [2.24, 2.45) is 0 Å². The van der Waals surface area contributed by atoms with Crippen LogP contribution < -0.4 is 14.8 Å². The first kappa shape index (κ1) is 21.0. The van der Waals surface area contributed by atoms with Gasteiger partial charge in [-0.2, -0.15) is 0 Å². The Bertz CT molecular complexity index is 1130. The Balaban J connectivity index is 1.71. The zero-order chi connectivity index (χ0) is 22.0. The first-order valence-corrected chi connectivity index (χ1v) is 10.6. The van der Waals surface area contributed by atoms with Gasteiger partial charge in [0.1, 0.15) is 17.2 Å². The van der Waals surface area contributed by atoms with Crippen LogP contribution in [0.1, 0.15) is 10.4 Å². The van der Waals surface area contributed by atoms with Gasteiger partial charge in [-0.25, -0.2) is 0 Å². The predicted molar refractivity (Wildman–Crippen MR) is 121 cm³/mol. The van der Waals surface area contributed by atoms with Gasteiger partial charge in [-0.3, -0.25) is 14.5 Å². The van der Waals surface area contributed by atoms with Gasteiger partial charge in [0.2, 0.25) is 0 Å². The molecule has 1 N–H and O–H groups in total. The highest BCUT2D eigenvalue weighted by atomic mass is 35.5. The summed E-state index contributed by atoms with van der Waals surface area (Å²) in [4.78, 5) is 28.5. The molecule has 0 radical (unpaired) electrons. The molecule has 1 aromatic heterocycles. The van der Waals surface area contributed by atoms with Gasteiger partial charge < -0.3 is 14.8 Å². The van der Waals surface area contributed by atoms with E-state index in [0.29, 0.717) is 32.7 Å². The minimum Gasteiger partial charge on any atom is -0.497 e. The number of halogens is 1. The second-order valence-electron chi connectivity index (χ2n) is 6.78. The predicted octanol–water partition coefficient (Wildman–Crippen LogP) is 4.81. The number of carbonyl (C=O) groups excluding carboxylic acids is 2. The third-order valence-corrected chi connectivity index (χ3v) is 5.95. The number of anilines is 1. The number of ether oxygens (including phenoxy) is 2. The maximum Gasteiger partial charge on any atom is 0.278 e. The number of amides is 2. The van der Waals surface area contributed by atoms with Crippen LogP contribution >= 0.6 is 22.9 Å². The molecular weight excluding hydrogens is 436 g/mol. The molecule has 8 heteroatoms. The van der Waals surface area contributed by atoms with Crippen LogP contribution in [-0.4, -0.2) is 30.9 Å². The van der Waals surface area contributed by atoms with E-state index in [1.807, 2.05) is 17.5 Å². The lowest BCUT2D eigenvalue weighted by atomic mass is 10.1. The number of thiophene rings is 1. The lowest BCUT2D eigenvalue weighted by Gasteiger charge is -2.16. The minimum atomic E-state index is -0.398. The molecule has 31 heavy (non-hydrogen) atoms. The van der Waals surface area contributed by atoms with Gasteiger partial charge in [0.15, 0.2) is 0 Å². The number of benzene rings is 2. The summed E-state index contributed by atoms with van der Waals surface area (Å²) in [5.41, 5.74) is 1.95. The molecule has 3 aromatic rings. The molecule has 0 aliphatic carbocycles. The molecule has 0 atom stereocenters. The third-order valence-electron chi connectivity index (χ3n) is 4.81. The lowest BCUT2D eigenvalue weighted by molar-refractivity contribution is -0.137. The van der Waals surface area contributed by atoms with Crippen LogP contribution in [0.3, 0.4) is 0 Å². The second kappa shape index (κ2) is 8.83. The molecule has 0 spiro atoms. The summed E-state index contributed by atoms with van der Waals surface area (Å²) in [6, 6.07) is 15.9. The number of hydrogen-bond acceptors (Lipinski definition) is 6. The number of methoxy groups -OCH3 is 2. The van der Waals surface area contributed by atoms with E-state index in [9.17, 15) is 9.59 Å². The number of nitrogens with zero attached hydrogens (tertiary/aromatic N) is 1. The Morgan fingerprint density at radius 3 is 2.23 bits per heavy atom. The SMILES string of the molecule is COc1cc(NC2=C(c3cccs3)C(=O)N(Cc3ccc(Cl)cc3)C2=O)cc(OC)c1. The highest BCUT2D eigenvalue weighted by Gasteiger charge is 2.39. The number of rotatable bonds is 7. The van der Waals surface area contributed by atoms with Crippen LogP contribution in [-0.2, 0) is 16.1 Å². The van der Waals surface area contributed by atoms with Crippen LogP contribution in [0, 0.1) is 0 Å². The third kappa shape index (κ3) is 4.28. The van der Waals surface area contributed by atoms with E-state index in [2.05, 4.69) is 5.32 Å². The largest absolute Gasteiger partial charge is 0.497 e. The Morgan fingerprint density at radius 1 is 0.968 bits per heavy atom. The summed E-state index contributed by atoms with van der Waals surface area (Å²) in [6.45, 7) is 0.149. The first-order valence-electron chi connectivity index (χ1n) is 9.39. The van der Waals surface area contributed by atoms with Crippen molar-refractivity contribution in [2.75, 3.05) is 19.5 Å². The van der Waals surface area contributed by atoms with E-state index in [0.717, 1.165) is 5.56 Å². The maximum absolute atomic E-state index is 13.3. The van der Waals surface area contributed by atoms with Gasteiger partial charge in [-0.05, 0) is 29.1 Å². The average molecular weight is 455 g/mol. The molecule has 2 heterocycles. The molecule has 2 aromatic carbocycles. The van der Waals surface area contributed by atoms with E-state index in [4.69, 9.17) is 21.1 Å². The molecule has 6 nitrogen and oxygen atoms in total. The molecule has 0 saturated carbocycles. The highest BCUT2D eigenvalue weighted by Crippen LogP contribution is 2.35. The second-order valence-corrected chi connectivity index (χ2v) is 8.16. The molecule has 0 bridgehead atoms. The van der Waals surface area contributed by atoms with E-state index >= 15 is 0 Å². The Morgan fingerprint density at radius 2 is 1.65 bits per heavy atom. The van der Waals surface area contributed by atoms with Crippen molar-refractivity contribution in [1.29, 1.82) is 0 Å². The van der Waals surface area contributed by atoms with Crippen LogP contribution in [0.5, 0.6) is 11.5 Å². The number of imide groups is 1. The van der Waals surface area contributed by atoms with Crippen molar-refractivity contribution >= 4 is 46.0 Å². The van der Waals surface area contributed by atoms with Crippen molar-refractivity contribution in [3.63, 3.8) is 0 Å². The van der Waals surface area contributed by atoms with Crippen molar-refractivity contribution in [1.82, 2.24) is 4.90 Å². The van der Waals surface area contributed by atoms with Gasteiger partial charge in [0, 0.05) is 33.8 Å². The number of nitrogens with one attached hydrogen (secondary N) is 1. The van der Waals surface area contributed by atoms with E-state index in [1.54, 1.807) is 56.7 Å². The smallest absolute Gasteiger partial charge is 0.278 e. The lowest BCUT2D eigenvalue weighted by Crippen LogP contribution is -2.31. The quantitative estimate of drug-likeness (QED) is 0.519. The van der Waals surface area contributed by atoms with Gasteiger partial charge in [0.25, 0.3) is 11.8 Å². The van der Waals surface area contributed by atoms with Crippen LogP contribution in [0.25, 0.3) is 5.57 Å². The fourth-order valence-electron chi connectivity index (χ4n) is 3.28. The number of carbonyl (C=O) groups is 2. The standard InChI is InChI=1S/C23H19ClN2O4S/c1-29-17-10-16(11-18(12-17)30-2)25-21-20(19-4-3-9-31-19)22(27)26(23(21)28)13-14-5-7-15(24)8-6-14/h3-12,25H,13H2,1-2H3. The zero-order valence-electron chi connectivity index (χ0n) is 16.8. The molecule has 1 aliphatic heterocycles. The van der Waals surface area contributed by atoms with Crippen LogP contribution in [0.4, 0.5) is 5.69 Å². The zero-order valence-corrected chi connectivity index (χ0v) is 18.4. The monoisotopic (exact) mass is 454 g/mol. The molecule has 158 valence electrons. The van der Waals surface area contributed by atoms with Crippen LogP contribution in [0.15, 0.2) is 65.7 Å². The Labute approximate surface area is 188 Å². The summed E-state index contributed by atoms with van der Waals surface area (Å²) >= 11 is 7.36. The summed E-state index contributed by atoms with van der Waals surface area (Å²) in [5, 5.41) is 5.59. The molecule has 0 saturated heterocycles. The summed E-state index contributed by atoms with van der Waals surface area (Å²) in [7, 11) is 3.10. The van der Waals surface area contributed by atoms with E-state index < -0.39 is 5.91 Å². The topological polar surface area (TPSA) is 67.9 Å². The van der Waals surface area contributed by atoms with Crippen molar-refractivity contribution in [3.05, 3.63) is 81.1 Å². The minimum absolute atomic E-state index is 0.149. The molecule has 1 aliphatic rings. The Kier molecular flexibility index (Phi) is 5.97. The van der Waals surface area contributed by atoms with Crippen LogP contribution in [0.2, 0.25) is 5.02 Å². The van der Waals surface area contributed by atoms with Gasteiger partial charge >= 0.3 is 0 Å². The average Bonchev–Trinajstić information content (AvgIpc) is 3.38. The summed E-state index contributed by atoms with van der Waals surface area (Å²) < 4.78 is 10.6. The summed E-state index contributed by atoms with van der Waals surface area (Å²) in [5.74, 6) is 0.384. The van der Waals surface area contributed by atoms with Gasteiger partial charge in [-0.1, -0.05) is 29.8 Å². The maximum atomic E-state index is 13.3. The van der Waals surface area contributed by atoms with E-state index in [-0.39, 0.29) is 18.1 Å². The molecule has 0 unspecified atom stereocenters. The molecular formula is C23H19ClN2O4S. The summed E-state index contributed by atoms with van der Waals surface area (Å²) in [6.07, 6.45) is 0. The Hall–Kier alpha value is -3.29. The fraction of sp³-hybridized carbons (Fsp3) is 0.130. The van der Waals surface area contributed by atoms with Gasteiger partial charge in [-0.15, -0.1) is 11.3 Å². The number of hydrogen-bond donors (Lipinski definition) is 1. The van der Waals surface area contributed by atoms with Crippen molar-refractivity contribution < 1.29 is 19.1 Å². The fourth-order valence-corrected chi connectivity index (χ4v) is 4.18. The van der Waals surface area contributed by atoms with Crippen molar-refractivity contribution in [3.8, 4) is 11.5 Å². The molecule has 2 amide bonds. The molecule has 4 rings (SSSR count). The molecule has 0 fully saturated rings.